The number of hydrogen-bond donors (Lipinski definition) is 0. The monoisotopic (exact) mass is 453 g/mol. The van der Waals surface area contributed by atoms with Crippen molar-refractivity contribution in [3.05, 3.63) is 90.3 Å². The minimum absolute atomic E-state index is 0.487. The van der Waals surface area contributed by atoms with Crippen LogP contribution >= 0.6 is 0 Å². The van der Waals surface area contributed by atoms with Crippen molar-refractivity contribution in [2.24, 2.45) is 0 Å². The van der Waals surface area contributed by atoms with Crippen molar-refractivity contribution >= 4 is 0 Å². The van der Waals surface area contributed by atoms with Gasteiger partial charge in [0, 0.05) is 24.3 Å². The molecule has 0 saturated carbocycles. The highest BCUT2D eigenvalue weighted by molar-refractivity contribution is 5.87. The Bertz CT molecular complexity index is 1250. The number of aryl methyl sites for hydroxylation is 1. The van der Waals surface area contributed by atoms with Crippen LogP contribution in [0.4, 0.5) is 0 Å². The van der Waals surface area contributed by atoms with Crippen molar-refractivity contribution in [3.63, 3.8) is 0 Å². The fraction of sp³-hybridized carbons (Fsp3) is 0.276. The summed E-state index contributed by atoms with van der Waals surface area (Å²) in [5.41, 5.74) is 5.44. The molecule has 174 valence electrons. The molecule has 0 fully saturated rings. The van der Waals surface area contributed by atoms with Gasteiger partial charge in [-0.1, -0.05) is 54.6 Å². The van der Waals surface area contributed by atoms with E-state index in [9.17, 15) is 0 Å². The van der Waals surface area contributed by atoms with Crippen LogP contribution in [0.1, 0.15) is 17.8 Å². The van der Waals surface area contributed by atoms with Crippen molar-refractivity contribution in [1.82, 2.24) is 14.5 Å². The Morgan fingerprint density at radius 1 is 0.853 bits per heavy atom. The lowest BCUT2D eigenvalue weighted by Gasteiger charge is -2.15. The van der Waals surface area contributed by atoms with Gasteiger partial charge in [0.05, 0.1) is 5.69 Å². The molecular weight excluding hydrogens is 422 g/mol. The van der Waals surface area contributed by atoms with Crippen LogP contribution in [-0.4, -0.2) is 41.7 Å². The normalized spacial score (nSPS) is 12.0. The first-order chi connectivity index (χ1) is 16.7. The Morgan fingerprint density at radius 2 is 1.53 bits per heavy atom. The molecule has 0 unspecified atom stereocenters. The maximum atomic E-state index is 6.35. The average Bonchev–Trinajstić information content (AvgIpc) is 3.14. The number of imidazole rings is 1. The van der Waals surface area contributed by atoms with Crippen LogP contribution < -0.4 is 4.74 Å². The van der Waals surface area contributed by atoms with E-state index in [1.165, 1.54) is 5.56 Å². The Kier molecular flexibility index (Phi) is 6.74. The van der Waals surface area contributed by atoms with Crippen LogP contribution in [0, 0.1) is 0 Å². The molecule has 1 aromatic heterocycles. The van der Waals surface area contributed by atoms with E-state index in [0.29, 0.717) is 13.2 Å². The van der Waals surface area contributed by atoms with Crippen molar-refractivity contribution < 1.29 is 9.47 Å². The van der Waals surface area contributed by atoms with Gasteiger partial charge in [-0.25, -0.2) is 4.98 Å². The molecule has 0 atom stereocenters. The molecule has 2 heterocycles. The van der Waals surface area contributed by atoms with Gasteiger partial charge in [-0.05, 0) is 63.3 Å². The molecule has 5 nitrogen and oxygen atoms in total. The molecule has 1 aliphatic heterocycles. The largest absolute Gasteiger partial charge is 0.456 e. The number of para-hydroxylation sites is 2. The Morgan fingerprint density at radius 3 is 2.29 bits per heavy atom. The topological polar surface area (TPSA) is 39.5 Å². The van der Waals surface area contributed by atoms with Crippen LogP contribution in [0.25, 0.3) is 22.5 Å². The Labute approximate surface area is 201 Å². The van der Waals surface area contributed by atoms with Crippen LogP contribution in [0.5, 0.6) is 11.5 Å². The van der Waals surface area contributed by atoms with Gasteiger partial charge in [0.2, 0.25) is 0 Å². The second-order valence-electron chi connectivity index (χ2n) is 8.92. The van der Waals surface area contributed by atoms with Crippen LogP contribution in [-0.2, 0) is 24.3 Å². The quantitative estimate of drug-likeness (QED) is 0.255. The number of ether oxygens (including phenoxy) is 2. The summed E-state index contributed by atoms with van der Waals surface area (Å²) in [6.07, 6.45) is 1.92. The first-order valence-corrected chi connectivity index (χ1v) is 11.9. The molecule has 34 heavy (non-hydrogen) atoms. The lowest BCUT2D eigenvalue weighted by atomic mass is 10.0. The molecule has 0 amide bonds. The lowest BCUT2D eigenvalue weighted by molar-refractivity contribution is 0.106. The van der Waals surface area contributed by atoms with Crippen LogP contribution in [0.3, 0.4) is 0 Å². The van der Waals surface area contributed by atoms with Gasteiger partial charge in [-0.3, -0.25) is 0 Å². The molecule has 1 aliphatic rings. The third-order valence-corrected chi connectivity index (χ3v) is 6.14. The average molecular weight is 454 g/mol. The molecule has 5 rings (SSSR count). The number of fused-ring (bicyclic) bond motifs is 5. The van der Waals surface area contributed by atoms with Gasteiger partial charge in [-0.15, -0.1) is 0 Å². The van der Waals surface area contributed by atoms with E-state index in [1.54, 1.807) is 0 Å². The Balaban J connectivity index is 1.55. The summed E-state index contributed by atoms with van der Waals surface area (Å²) in [5, 5.41) is 0. The summed E-state index contributed by atoms with van der Waals surface area (Å²) in [4.78, 5) is 7.32. The first kappa shape index (κ1) is 22.4. The van der Waals surface area contributed by atoms with E-state index >= 15 is 0 Å². The minimum Gasteiger partial charge on any atom is -0.456 e. The molecule has 5 heteroatoms. The standard InChI is InChI=1S/C29H31N3O2/c1-31(2)18-10-20-33-21-27-30-28-23-13-6-8-15-25(23)34-26-16-9-7-14-24(26)29(28)32(27)19-17-22-11-4-3-5-12-22/h3-9,11-16H,10,17-21H2,1-2H3. The minimum atomic E-state index is 0.487. The highest BCUT2D eigenvalue weighted by atomic mass is 16.5. The number of nitrogens with zero attached hydrogens (tertiary/aromatic N) is 3. The molecule has 0 N–H and O–H groups in total. The highest BCUT2D eigenvalue weighted by Gasteiger charge is 2.27. The predicted molar refractivity (Wildman–Crippen MR) is 136 cm³/mol. The summed E-state index contributed by atoms with van der Waals surface area (Å²) >= 11 is 0. The maximum absolute atomic E-state index is 6.35. The summed E-state index contributed by atoms with van der Waals surface area (Å²) in [6.45, 7) is 3.03. The first-order valence-electron chi connectivity index (χ1n) is 11.9. The third-order valence-electron chi connectivity index (χ3n) is 6.14. The number of aromatic nitrogens is 2. The zero-order valence-corrected chi connectivity index (χ0v) is 19.9. The van der Waals surface area contributed by atoms with Gasteiger partial charge < -0.3 is 18.9 Å². The van der Waals surface area contributed by atoms with Crippen molar-refractivity contribution in [2.45, 2.75) is 26.0 Å². The van der Waals surface area contributed by atoms with E-state index in [4.69, 9.17) is 14.5 Å². The Hall–Kier alpha value is -3.41. The second kappa shape index (κ2) is 10.2. The van der Waals surface area contributed by atoms with Gasteiger partial charge in [0.1, 0.15) is 29.6 Å². The fourth-order valence-electron chi connectivity index (χ4n) is 4.46. The molecule has 0 radical (unpaired) electrons. The van der Waals surface area contributed by atoms with Gasteiger partial charge in [-0.2, -0.15) is 0 Å². The molecule has 0 saturated heterocycles. The number of benzene rings is 3. The molecular formula is C29H31N3O2. The molecule has 4 aromatic rings. The van der Waals surface area contributed by atoms with Crippen LogP contribution in [0.2, 0.25) is 0 Å². The zero-order valence-electron chi connectivity index (χ0n) is 19.9. The molecule has 0 bridgehead atoms. The van der Waals surface area contributed by atoms with E-state index in [2.05, 4.69) is 72.1 Å². The second-order valence-corrected chi connectivity index (χ2v) is 8.92. The zero-order chi connectivity index (χ0) is 23.3. The van der Waals surface area contributed by atoms with Gasteiger partial charge in [0.15, 0.2) is 0 Å². The SMILES string of the molecule is CN(C)CCCOCc1nc2c(n1CCc1ccccc1)-c1ccccc1Oc1ccccc1-2. The van der Waals surface area contributed by atoms with Crippen molar-refractivity contribution in [3.8, 4) is 34.0 Å². The molecule has 3 aromatic carbocycles. The van der Waals surface area contributed by atoms with Crippen molar-refractivity contribution in [2.75, 3.05) is 27.2 Å². The van der Waals surface area contributed by atoms with E-state index in [1.807, 2.05) is 30.3 Å². The van der Waals surface area contributed by atoms with Gasteiger partial charge >= 0.3 is 0 Å². The fourth-order valence-corrected chi connectivity index (χ4v) is 4.46. The summed E-state index contributed by atoms with van der Waals surface area (Å²) in [6, 6.07) is 27.0. The van der Waals surface area contributed by atoms with Crippen molar-refractivity contribution in [1.29, 1.82) is 0 Å². The third kappa shape index (κ3) is 4.76. The maximum Gasteiger partial charge on any atom is 0.136 e. The van der Waals surface area contributed by atoms with Gasteiger partial charge in [0.25, 0.3) is 0 Å². The molecule has 0 spiro atoms. The summed E-state index contributed by atoms with van der Waals surface area (Å²) in [5.74, 6) is 2.64. The summed E-state index contributed by atoms with van der Waals surface area (Å²) in [7, 11) is 4.18. The van der Waals surface area contributed by atoms with Crippen LogP contribution in [0.15, 0.2) is 78.9 Å². The van der Waals surface area contributed by atoms with E-state index in [-0.39, 0.29) is 0 Å². The van der Waals surface area contributed by atoms with E-state index in [0.717, 1.165) is 65.8 Å². The molecule has 0 aliphatic carbocycles. The summed E-state index contributed by atoms with van der Waals surface area (Å²) < 4.78 is 14.8. The predicted octanol–water partition coefficient (Wildman–Crippen LogP) is 6.03. The highest BCUT2D eigenvalue weighted by Crippen LogP contribution is 2.46. The number of hydrogen-bond acceptors (Lipinski definition) is 4. The van der Waals surface area contributed by atoms with E-state index < -0.39 is 0 Å². The number of rotatable bonds is 9. The smallest absolute Gasteiger partial charge is 0.136 e. The lowest BCUT2D eigenvalue weighted by Crippen LogP contribution is -2.15.